The third-order valence-electron chi connectivity index (χ3n) is 4.51. The summed E-state index contributed by atoms with van der Waals surface area (Å²) in [7, 11) is 0. The minimum absolute atomic E-state index is 0.158. The van der Waals surface area contributed by atoms with Crippen molar-refractivity contribution in [3.05, 3.63) is 35.9 Å². The van der Waals surface area contributed by atoms with Gasteiger partial charge < -0.3 is 29.0 Å². The molecule has 1 aliphatic rings. The lowest BCUT2D eigenvalue weighted by Crippen LogP contribution is -2.67. The van der Waals surface area contributed by atoms with Crippen LogP contribution in [0.15, 0.2) is 30.3 Å². The average Bonchev–Trinajstić information content (AvgIpc) is 2.73. The molecule has 1 amide bonds. The van der Waals surface area contributed by atoms with E-state index < -0.39 is 67.2 Å². The van der Waals surface area contributed by atoms with Crippen molar-refractivity contribution in [3.63, 3.8) is 0 Å². The molecular weight excluding hydrogens is 467 g/mol. The van der Waals surface area contributed by atoms with Crippen LogP contribution in [0.4, 0.5) is 13.2 Å². The molecule has 0 radical (unpaired) electrons. The molecule has 2 rings (SSSR count). The van der Waals surface area contributed by atoms with Crippen molar-refractivity contribution in [2.45, 2.75) is 64.2 Å². The molecule has 1 aromatic carbocycles. The fourth-order valence-corrected chi connectivity index (χ4v) is 3.18. The number of alkyl halides is 3. The summed E-state index contributed by atoms with van der Waals surface area (Å²) < 4.78 is 65.5. The van der Waals surface area contributed by atoms with Gasteiger partial charge in [-0.05, 0) is 5.56 Å². The Morgan fingerprint density at radius 2 is 1.53 bits per heavy atom. The fraction of sp³-hybridized carbons (Fsp3) is 0.524. The number of benzene rings is 1. The minimum Gasteiger partial charge on any atom is -0.463 e. The van der Waals surface area contributed by atoms with Crippen molar-refractivity contribution in [3.8, 4) is 0 Å². The highest BCUT2D eigenvalue weighted by atomic mass is 19.4. The topological polar surface area (TPSA) is 126 Å². The van der Waals surface area contributed by atoms with Gasteiger partial charge in [-0.2, -0.15) is 13.2 Å². The molecule has 1 saturated heterocycles. The first-order chi connectivity index (χ1) is 15.9. The van der Waals surface area contributed by atoms with Gasteiger partial charge in [0.2, 0.25) is 0 Å². The summed E-state index contributed by atoms with van der Waals surface area (Å²) >= 11 is 0. The number of carbonyl (C=O) groups is 4. The second-order valence-corrected chi connectivity index (χ2v) is 7.29. The third kappa shape index (κ3) is 7.99. The molecule has 1 fully saturated rings. The predicted octanol–water partition coefficient (Wildman–Crippen LogP) is 1.40. The Morgan fingerprint density at radius 3 is 2.06 bits per heavy atom. The molecule has 0 spiro atoms. The second kappa shape index (κ2) is 11.8. The number of halogens is 3. The highest BCUT2D eigenvalue weighted by Gasteiger charge is 2.53. The van der Waals surface area contributed by atoms with Crippen LogP contribution in [-0.4, -0.2) is 67.2 Å². The minimum atomic E-state index is -5.28. The van der Waals surface area contributed by atoms with Crippen LogP contribution in [0.3, 0.4) is 0 Å². The van der Waals surface area contributed by atoms with Gasteiger partial charge in [-0.25, -0.2) is 0 Å². The summed E-state index contributed by atoms with van der Waals surface area (Å²) in [6.45, 7) is 2.42. The Balaban J connectivity index is 2.43. The van der Waals surface area contributed by atoms with Gasteiger partial charge in [-0.15, -0.1) is 0 Å². The molecule has 5 atom stereocenters. The molecule has 0 bridgehead atoms. The van der Waals surface area contributed by atoms with Gasteiger partial charge in [0.1, 0.15) is 18.8 Å². The average molecular weight is 491 g/mol. The SMILES string of the molecule is CC(=O)OC[C@H]1O[C@@H](OCc2ccccc2)[C@H](NC(=O)C(F)(F)F)[C@@H](OC(C)=O)[C@H]1OC(C)=O. The largest absolute Gasteiger partial charge is 0.471 e. The Morgan fingerprint density at radius 1 is 0.941 bits per heavy atom. The lowest BCUT2D eigenvalue weighted by atomic mass is 9.96. The Labute approximate surface area is 192 Å². The van der Waals surface area contributed by atoms with Gasteiger partial charge in [-0.3, -0.25) is 19.2 Å². The first kappa shape index (κ1) is 27.1. The van der Waals surface area contributed by atoms with Crippen molar-refractivity contribution < 1.29 is 56.0 Å². The summed E-state index contributed by atoms with van der Waals surface area (Å²) in [4.78, 5) is 46.5. The van der Waals surface area contributed by atoms with Gasteiger partial charge in [0.15, 0.2) is 18.5 Å². The lowest BCUT2D eigenvalue weighted by Gasteiger charge is -2.45. The van der Waals surface area contributed by atoms with Crippen LogP contribution in [0.25, 0.3) is 0 Å². The lowest BCUT2D eigenvalue weighted by molar-refractivity contribution is -0.282. The number of nitrogens with one attached hydrogen (secondary N) is 1. The fourth-order valence-electron chi connectivity index (χ4n) is 3.18. The van der Waals surface area contributed by atoms with Crippen molar-refractivity contribution in [2.75, 3.05) is 6.61 Å². The first-order valence-electron chi connectivity index (χ1n) is 10.0. The van der Waals surface area contributed by atoms with E-state index in [4.69, 9.17) is 23.7 Å². The van der Waals surface area contributed by atoms with E-state index in [0.717, 1.165) is 20.8 Å². The summed E-state index contributed by atoms with van der Waals surface area (Å²) in [5.41, 5.74) is 0.620. The van der Waals surface area contributed by atoms with Gasteiger partial charge in [0.05, 0.1) is 6.61 Å². The smallest absolute Gasteiger partial charge is 0.463 e. The number of esters is 3. The van der Waals surface area contributed by atoms with Crippen molar-refractivity contribution in [1.29, 1.82) is 0 Å². The van der Waals surface area contributed by atoms with E-state index in [1.807, 2.05) is 0 Å². The van der Waals surface area contributed by atoms with Crippen molar-refractivity contribution >= 4 is 23.8 Å². The van der Waals surface area contributed by atoms with Gasteiger partial charge >= 0.3 is 30.0 Å². The molecule has 0 aromatic heterocycles. The summed E-state index contributed by atoms with van der Waals surface area (Å²) in [5.74, 6) is -4.90. The molecule has 1 heterocycles. The Bertz CT molecular complexity index is 878. The van der Waals surface area contributed by atoms with E-state index in [9.17, 15) is 32.3 Å². The van der Waals surface area contributed by atoms with E-state index in [2.05, 4.69) is 0 Å². The molecule has 13 heteroatoms. The number of carbonyl (C=O) groups excluding carboxylic acids is 4. The van der Waals surface area contributed by atoms with Gasteiger partial charge in [-0.1, -0.05) is 30.3 Å². The van der Waals surface area contributed by atoms with Crippen LogP contribution in [-0.2, 0) is 49.5 Å². The molecule has 10 nitrogen and oxygen atoms in total. The standard InChI is InChI=1S/C21H24F3NO9/c1-11(26)30-10-15-17(32-12(2)27)18(33-13(3)28)16(25-20(29)21(22,23)24)19(34-15)31-9-14-7-5-4-6-8-14/h4-8,15-19H,9-10H2,1-3H3,(H,25,29)/t15-,16-,17+,18-,19-/m1/s1. The van der Waals surface area contributed by atoms with Gasteiger partial charge in [0.25, 0.3) is 0 Å². The van der Waals surface area contributed by atoms with Crippen LogP contribution < -0.4 is 5.32 Å². The molecule has 188 valence electrons. The summed E-state index contributed by atoms with van der Waals surface area (Å²) in [6.07, 6.45) is -11.4. The molecule has 0 saturated carbocycles. The number of amides is 1. The van der Waals surface area contributed by atoms with E-state index >= 15 is 0 Å². The molecule has 1 aromatic rings. The summed E-state index contributed by atoms with van der Waals surface area (Å²) in [5, 5.41) is 1.70. The highest BCUT2D eigenvalue weighted by Crippen LogP contribution is 2.29. The number of rotatable bonds is 8. The first-order valence-corrected chi connectivity index (χ1v) is 10.0. The van der Waals surface area contributed by atoms with Crippen LogP contribution in [0.5, 0.6) is 0 Å². The molecular formula is C21H24F3NO9. The van der Waals surface area contributed by atoms with Gasteiger partial charge in [0, 0.05) is 20.8 Å². The summed E-state index contributed by atoms with van der Waals surface area (Å²) in [6, 6.07) is 6.75. The van der Waals surface area contributed by atoms with Crippen LogP contribution in [0, 0.1) is 0 Å². The monoisotopic (exact) mass is 491 g/mol. The molecule has 1 N–H and O–H groups in total. The van der Waals surface area contributed by atoms with Crippen molar-refractivity contribution in [1.82, 2.24) is 5.32 Å². The van der Waals surface area contributed by atoms with Crippen LogP contribution in [0.2, 0.25) is 0 Å². The molecule has 0 unspecified atom stereocenters. The maximum atomic E-state index is 13.0. The maximum Gasteiger partial charge on any atom is 0.471 e. The van der Waals surface area contributed by atoms with E-state index in [-0.39, 0.29) is 6.61 Å². The Kier molecular flexibility index (Phi) is 9.38. The Hall–Kier alpha value is -3.19. The zero-order valence-corrected chi connectivity index (χ0v) is 18.5. The predicted molar refractivity (Wildman–Crippen MR) is 106 cm³/mol. The maximum absolute atomic E-state index is 13.0. The van der Waals surface area contributed by atoms with Crippen molar-refractivity contribution in [2.24, 2.45) is 0 Å². The zero-order valence-electron chi connectivity index (χ0n) is 18.5. The number of hydrogen-bond donors (Lipinski definition) is 1. The van der Waals surface area contributed by atoms with E-state index in [0.29, 0.717) is 5.56 Å². The van der Waals surface area contributed by atoms with Crippen LogP contribution in [0.1, 0.15) is 26.3 Å². The molecule has 0 aliphatic carbocycles. The second-order valence-electron chi connectivity index (χ2n) is 7.29. The van der Waals surface area contributed by atoms with Crippen LogP contribution >= 0.6 is 0 Å². The number of hydrogen-bond acceptors (Lipinski definition) is 9. The number of ether oxygens (including phenoxy) is 5. The normalized spacial score (nSPS) is 24.6. The van der Waals surface area contributed by atoms with E-state index in [1.54, 1.807) is 35.6 Å². The molecule has 34 heavy (non-hydrogen) atoms. The van der Waals surface area contributed by atoms with E-state index in [1.165, 1.54) is 0 Å². The quantitative estimate of drug-likeness (QED) is 0.424. The zero-order chi connectivity index (χ0) is 25.5. The molecule has 1 aliphatic heterocycles. The third-order valence-corrected chi connectivity index (χ3v) is 4.51. The highest BCUT2D eigenvalue weighted by molar-refractivity contribution is 5.82.